The molecule has 0 saturated carbocycles. The van der Waals surface area contributed by atoms with Crippen molar-refractivity contribution in [2.45, 2.75) is 12.5 Å². The van der Waals surface area contributed by atoms with Crippen molar-refractivity contribution in [3.8, 4) is 0 Å². The first-order valence-corrected chi connectivity index (χ1v) is 7.14. The average Bonchev–Trinajstić information content (AvgIpc) is 2.34. The normalized spacial score (nSPS) is 18.4. The summed E-state index contributed by atoms with van der Waals surface area (Å²) in [6, 6.07) is -0.265. The highest BCUT2D eigenvalue weighted by atomic mass is 32.2. The maximum atomic E-state index is 11.7. The van der Waals surface area contributed by atoms with Gasteiger partial charge in [-0.15, -0.1) is 0 Å². The molecule has 1 atom stereocenters. The van der Waals surface area contributed by atoms with Crippen molar-refractivity contribution in [1.29, 1.82) is 0 Å². The molecule has 7 nitrogen and oxygen atoms in total. The lowest BCUT2D eigenvalue weighted by atomic mass is 10.2. The van der Waals surface area contributed by atoms with Crippen LogP contribution in [0.1, 0.15) is 6.42 Å². The highest BCUT2D eigenvalue weighted by Gasteiger charge is 2.21. The van der Waals surface area contributed by atoms with Crippen LogP contribution >= 0.6 is 0 Å². The number of carbonyl (C=O) groups is 2. The molecule has 1 unspecified atom stereocenters. The Hall–Kier alpha value is -1.15. The Morgan fingerprint density at radius 3 is 2.56 bits per heavy atom. The van der Waals surface area contributed by atoms with Gasteiger partial charge in [0.1, 0.15) is 0 Å². The molecule has 0 aromatic rings. The van der Waals surface area contributed by atoms with E-state index in [-0.39, 0.29) is 19.0 Å². The Balaban J connectivity index is 2.31. The zero-order chi connectivity index (χ0) is 13.5. The molecule has 1 aliphatic heterocycles. The molecule has 0 bridgehead atoms. The third kappa shape index (κ3) is 5.01. The van der Waals surface area contributed by atoms with Gasteiger partial charge in [-0.3, -0.25) is 9.00 Å². The van der Waals surface area contributed by atoms with Crippen molar-refractivity contribution in [3.05, 3.63) is 0 Å². The van der Waals surface area contributed by atoms with Crippen molar-refractivity contribution >= 4 is 22.8 Å². The number of nitrogens with zero attached hydrogens (tertiary/aromatic N) is 1. The number of carboxylic acid groups (broad SMARTS) is 1. The molecule has 1 aliphatic rings. The zero-order valence-electron chi connectivity index (χ0n) is 10.3. The Labute approximate surface area is 108 Å². The van der Waals surface area contributed by atoms with E-state index in [1.54, 1.807) is 4.90 Å². The van der Waals surface area contributed by atoms with E-state index in [1.807, 2.05) is 0 Å². The summed E-state index contributed by atoms with van der Waals surface area (Å²) in [6.45, 7) is 1.09. The fraction of sp³-hybridized carbons (Fsp3) is 0.800. The van der Waals surface area contributed by atoms with Crippen LogP contribution in [0.5, 0.6) is 0 Å². The second-order valence-electron chi connectivity index (χ2n) is 3.98. The molecule has 8 heteroatoms. The number of carbonyl (C=O) groups excluding carboxylic acids is 1. The van der Waals surface area contributed by atoms with Crippen LogP contribution in [0.25, 0.3) is 0 Å². The summed E-state index contributed by atoms with van der Waals surface area (Å²) in [7, 11) is 0.583. The van der Waals surface area contributed by atoms with Crippen molar-refractivity contribution in [3.63, 3.8) is 0 Å². The molecule has 1 saturated heterocycles. The van der Waals surface area contributed by atoms with Crippen molar-refractivity contribution < 1.29 is 23.6 Å². The minimum Gasteiger partial charge on any atom is -0.481 e. The van der Waals surface area contributed by atoms with Crippen molar-refractivity contribution in [2.75, 3.05) is 38.2 Å². The zero-order valence-corrected chi connectivity index (χ0v) is 11.1. The van der Waals surface area contributed by atoms with Gasteiger partial charge in [-0.25, -0.2) is 4.79 Å². The van der Waals surface area contributed by atoms with Gasteiger partial charge in [0.2, 0.25) is 0 Å². The predicted molar refractivity (Wildman–Crippen MR) is 65.9 cm³/mol. The second-order valence-corrected chi connectivity index (χ2v) is 5.67. The largest absolute Gasteiger partial charge is 0.481 e. The molecule has 0 aliphatic carbocycles. The fourth-order valence-corrected chi connectivity index (χ4v) is 2.64. The minimum atomic E-state index is -0.968. The van der Waals surface area contributed by atoms with Crippen LogP contribution in [0.4, 0.5) is 4.79 Å². The second kappa shape index (κ2) is 7.32. The number of methoxy groups -OCH3 is 1. The molecule has 18 heavy (non-hydrogen) atoms. The van der Waals surface area contributed by atoms with E-state index in [0.717, 1.165) is 0 Å². The first-order valence-electron chi connectivity index (χ1n) is 5.65. The van der Waals surface area contributed by atoms with Gasteiger partial charge in [-0.1, -0.05) is 0 Å². The molecule has 2 N–H and O–H groups in total. The van der Waals surface area contributed by atoms with Crippen LogP contribution in [-0.2, 0) is 20.3 Å². The van der Waals surface area contributed by atoms with E-state index in [0.29, 0.717) is 24.6 Å². The number of amides is 2. The van der Waals surface area contributed by atoms with Gasteiger partial charge in [-0.2, -0.15) is 0 Å². The first kappa shape index (κ1) is 14.9. The van der Waals surface area contributed by atoms with Gasteiger partial charge in [-0.05, 0) is 0 Å². The van der Waals surface area contributed by atoms with E-state index in [1.165, 1.54) is 7.11 Å². The Morgan fingerprint density at radius 2 is 2.06 bits per heavy atom. The molecule has 1 heterocycles. The molecule has 0 radical (unpaired) electrons. The van der Waals surface area contributed by atoms with Crippen LogP contribution in [-0.4, -0.2) is 70.6 Å². The highest BCUT2D eigenvalue weighted by Crippen LogP contribution is 2.01. The van der Waals surface area contributed by atoms with Gasteiger partial charge in [0, 0.05) is 49.0 Å². The molecule has 2 amide bonds. The summed E-state index contributed by atoms with van der Waals surface area (Å²) in [5, 5.41) is 11.2. The average molecular weight is 278 g/mol. The van der Waals surface area contributed by atoms with Gasteiger partial charge in [0.15, 0.2) is 0 Å². The van der Waals surface area contributed by atoms with Crippen LogP contribution in [0.2, 0.25) is 0 Å². The van der Waals surface area contributed by atoms with Crippen LogP contribution in [0.3, 0.4) is 0 Å². The Bertz CT molecular complexity index is 326. The summed E-state index contributed by atoms with van der Waals surface area (Å²) >= 11 is 0. The minimum absolute atomic E-state index is 0.152. The number of rotatable bonds is 5. The summed E-state index contributed by atoms with van der Waals surface area (Å²) in [6.07, 6.45) is -0.689. The van der Waals surface area contributed by atoms with E-state index < -0.39 is 22.9 Å². The Morgan fingerprint density at radius 1 is 1.44 bits per heavy atom. The smallest absolute Gasteiger partial charge is 0.317 e. The summed E-state index contributed by atoms with van der Waals surface area (Å²) in [5.41, 5.74) is 0. The van der Waals surface area contributed by atoms with Crippen molar-refractivity contribution in [2.24, 2.45) is 0 Å². The van der Waals surface area contributed by atoms with Gasteiger partial charge < -0.3 is 20.1 Å². The number of aliphatic carboxylic acids is 1. The number of urea groups is 1. The highest BCUT2D eigenvalue weighted by molar-refractivity contribution is 7.85. The van der Waals surface area contributed by atoms with Gasteiger partial charge >= 0.3 is 12.0 Å². The summed E-state index contributed by atoms with van der Waals surface area (Å²) in [5.74, 6) is 0.0245. The molecule has 1 rings (SSSR count). The van der Waals surface area contributed by atoms with Crippen LogP contribution in [0.15, 0.2) is 0 Å². The number of hydrogen-bond acceptors (Lipinski definition) is 4. The molecule has 0 aromatic heterocycles. The Kier molecular flexibility index (Phi) is 6.06. The van der Waals surface area contributed by atoms with E-state index in [4.69, 9.17) is 9.84 Å². The molecule has 104 valence electrons. The SMILES string of the molecule is COC(CNC(=O)N1CCS(=O)CC1)CC(=O)O. The van der Waals surface area contributed by atoms with Crippen LogP contribution in [0, 0.1) is 0 Å². The van der Waals surface area contributed by atoms with E-state index in [9.17, 15) is 13.8 Å². The fourth-order valence-electron chi connectivity index (χ4n) is 1.59. The third-order valence-corrected chi connectivity index (χ3v) is 3.96. The maximum Gasteiger partial charge on any atom is 0.317 e. The summed E-state index contributed by atoms with van der Waals surface area (Å²) < 4.78 is 16.1. The number of hydrogen-bond donors (Lipinski definition) is 2. The van der Waals surface area contributed by atoms with Gasteiger partial charge in [0.05, 0.1) is 12.5 Å². The molecular weight excluding hydrogens is 260 g/mol. The molecule has 0 spiro atoms. The first-order chi connectivity index (χ1) is 8.52. The lowest BCUT2D eigenvalue weighted by molar-refractivity contribution is -0.139. The lowest BCUT2D eigenvalue weighted by Crippen LogP contribution is -2.48. The third-order valence-electron chi connectivity index (χ3n) is 2.68. The summed E-state index contributed by atoms with van der Waals surface area (Å²) in [4.78, 5) is 23.8. The maximum absolute atomic E-state index is 11.7. The van der Waals surface area contributed by atoms with Crippen LogP contribution < -0.4 is 5.32 Å². The lowest BCUT2D eigenvalue weighted by Gasteiger charge is -2.27. The molecule has 1 fully saturated rings. The van der Waals surface area contributed by atoms with E-state index in [2.05, 4.69) is 5.32 Å². The standard InChI is InChI=1S/C10H18N2O5S/c1-17-8(6-9(13)14)7-11-10(15)12-2-4-18(16)5-3-12/h8H,2-7H2,1H3,(H,11,15)(H,13,14). The predicted octanol–water partition coefficient (Wildman–Crippen LogP) is -0.750. The topological polar surface area (TPSA) is 95.9 Å². The van der Waals surface area contributed by atoms with Gasteiger partial charge in [0.25, 0.3) is 0 Å². The van der Waals surface area contributed by atoms with E-state index >= 15 is 0 Å². The number of nitrogens with one attached hydrogen (secondary N) is 1. The quantitative estimate of drug-likeness (QED) is 0.690. The number of ether oxygens (including phenoxy) is 1. The van der Waals surface area contributed by atoms with Crippen molar-refractivity contribution in [1.82, 2.24) is 10.2 Å². The monoisotopic (exact) mass is 278 g/mol. The number of carboxylic acids is 1. The molecule has 0 aromatic carbocycles. The molecular formula is C10H18N2O5S.